The van der Waals surface area contributed by atoms with Crippen molar-refractivity contribution < 1.29 is 4.79 Å². The highest BCUT2D eigenvalue weighted by Crippen LogP contribution is 2.07. The molecule has 1 aliphatic rings. The molecule has 1 amide bonds. The molecule has 3 heteroatoms. The molecule has 0 bridgehead atoms. The number of hydrogen-bond donors (Lipinski definition) is 1. The van der Waals surface area contributed by atoms with Gasteiger partial charge in [-0.3, -0.25) is 4.79 Å². The maximum absolute atomic E-state index is 10.6. The lowest BCUT2D eigenvalue weighted by Crippen LogP contribution is -2.19. The molecule has 1 rings (SSSR count). The van der Waals surface area contributed by atoms with E-state index in [-0.39, 0.29) is 5.91 Å². The first-order valence-electron chi connectivity index (χ1n) is 2.93. The summed E-state index contributed by atoms with van der Waals surface area (Å²) in [6.45, 7) is 2.29. The standard InChI is InChI=1S/C6H10N2O/c1-5(9)8-3-2-6(7)4-8/h4H,2-3,7H2,1H3. The molecule has 1 aliphatic heterocycles. The van der Waals surface area contributed by atoms with Crippen LogP contribution in [-0.4, -0.2) is 17.4 Å². The molecule has 0 radical (unpaired) electrons. The van der Waals surface area contributed by atoms with Gasteiger partial charge in [0.25, 0.3) is 0 Å². The van der Waals surface area contributed by atoms with Gasteiger partial charge in [0.2, 0.25) is 5.91 Å². The SMILES string of the molecule is CC(=O)N1C=C(N)CC1. The minimum absolute atomic E-state index is 0.0652. The molecule has 2 N–H and O–H groups in total. The van der Waals surface area contributed by atoms with E-state index in [2.05, 4.69) is 0 Å². The van der Waals surface area contributed by atoms with E-state index >= 15 is 0 Å². The monoisotopic (exact) mass is 126 g/mol. The summed E-state index contributed by atoms with van der Waals surface area (Å²) in [4.78, 5) is 12.2. The van der Waals surface area contributed by atoms with Crippen LogP contribution in [0.2, 0.25) is 0 Å². The number of rotatable bonds is 0. The van der Waals surface area contributed by atoms with Crippen LogP contribution in [-0.2, 0) is 4.79 Å². The highest BCUT2D eigenvalue weighted by atomic mass is 16.2. The Morgan fingerprint density at radius 3 is 2.78 bits per heavy atom. The summed E-state index contributed by atoms with van der Waals surface area (Å²) in [7, 11) is 0. The van der Waals surface area contributed by atoms with E-state index in [0.717, 1.165) is 18.7 Å². The molecule has 0 atom stereocenters. The van der Waals surface area contributed by atoms with Crippen LogP contribution < -0.4 is 5.73 Å². The molecule has 0 aromatic rings. The topological polar surface area (TPSA) is 46.3 Å². The average Bonchev–Trinajstić information content (AvgIpc) is 2.14. The van der Waals surface area contributed by atoms with Crippen LogP contribution in [0.15, 0.2) is 11.9 Å². The summed E-state index contributed by atoms with van der Waals surface area (Å²) in [6, 6.07) is 0. The lowest BCUT2D eigenvalue weighted by molar-refractivity contribution is -0.125. The minimum atomic E-state index is 0.0652. The first kappa shape index (κ1) is 6.13. The number of carbonyl (C=O) groups excluding carboxylic acids is 1. The van der Waals surface area contributed by atoms with Gasteiger partial charge in [-0.2, -0.15) is 0 Å². The smallest absolute Gasteiger partial charge is 0.223 e. The number of nitrogens with zero attached hydrogens (tertiary/aromatic N) is 1. The number of hydrogen-bond acceptors (Lipinski definition) is 2. The van der Waals surface area contributed by atoms with Gasteiger partial charge in [0.15, 0.2) is 0 Å². The quantitative estimate of drug-likeness (QED) is 0.498. The Bertz CT molecular complexity index is 162. The molecule has 0 unspecified atom stereocenters. The van der Waals surface area contributed by atoms with Crippen molar-refractivity contribution in [1.82, 2.24) is 4.90 Å². The van der Waals surface area contributed by atoms with Crippen molar-refractivity contribution in [2.75, 3.05) is 6.54 Å². The second-order valence-electron chi connectivity index (χ2n) is 2.17. The zero-order chi connectivity index (χ0) is 6.85. The second-order valence-corrected chi connectivity index (χ2v) is 2.17. The lowest BCUT2D eigenvalue weighted by Gasteiger charge is -2.07. The van der Waals surface area contributed by atoms with Crippen molar-refractivity contribution in [1.29, 1.82) is 0 Å². The second kappa shape index (κ2) is 2.09. The Labute approximate surface area is 54.1 Å². The summed E-state index contributed by atoms with van der Waals surface area (Å²) in [5, 5.41) is 0. The van der Waals surface area contributed by atoms with Crippen LogP contribution in [0.4, 0.5) is 0 Å². The first-order valence-corrected chi connectivity index (χ1v) is 2.93. The van der Waals surface area contributed by atoms with Gasteiger partial charge in [0.1, 0.15) is 0 Å². The van der Waals surface area contributed by atoms with Crippen LogP contribution in [0.1, 0.15) is 13.3 Å². The van der Waals surface area contributed by atoms with E-state index in [4.69, 9.17) is 5.73 Å². The fourth-order valence-corrected chi connectivity index (χ4v) is 0.827. The fourth-order valence-electron chi connectivity index (χ4n) is 0.827. The Morgan fingerprint density at radius 1 is 1.89 bits per heavy atom. The molecule has 0 aliphatic carbocycles. The largest absolute Gasteiger partial charge is 0.401 e. The maximum Gasteiger partial charge on any atom is 0.223 e. The van der Waals surface area contributed by atoms with Gasteiger partial charge in [0, 0.05) is 31.8 Å². The molecule has 0 aromatic carbocycles. The van der Waals surface area contributed by atoms with E-state index in [0.29, 0.717) is 0 Å². The van der Waals surface area contributed by atoms with E-state index in [1.54, 1.807) is 11.1 Å². The Kier molecular flexibility index (Phi) is 1.42. The molecular formula is C6H10N2O. The Balaban J connectivity index is 2.57. The summed E-state index contributed by atoms with van der Waals surface area (Å²) >= 11 is 0. The number of nitrogens with two attached hydrogens (primary N) is 1. The summed E-state index contributed by atoms with van der Waals surface area (Å²) in [5.41, 5.74) is 6.23. The number of amides is 1. The maximum atomic E-state index is 10.6. The third-order valence-corrected chi connectivity index (χ3v) is 1.37. The van der Waals surface area contributed by atoms with Crippen molar-refractivity contribution in [3.63, 3.8) is 0 Å². The van der Waals surface area contributed by atoms with E-state index < -0.39 is 0 Å². The van der Waals surface area contributed by atoms with E-state index in [1.807, 2.05) is 0 Å². The average molecular weight is 126 g/mol. The fraction of sp³-hybridized carbons (Fsp3) is 0.500. The molecule has 1 heterocycles. The molecule has 0 fully saturated rings. The van der Waals surface area contributed by atoms with Gasteiger partial charge >= 0.3 is 0 Å². The Hall–Kier alpha value is -0.990. The molecule has 0 saturated heterocycles. The van der Waals surface area contributed by atoms with Crippen molar-refractivity contribution in [3.8, 4) is 0 Å². The van der Waals surface area contributed by atoms with Crippen LogP contribution in [0, 0.1) is 0 Å². The van der Waals surface area contributed by atoms with Crippen LogP contribution in [0.3, 0.4) is 0 Å². The van der Waals surface area contributed by atoms with Crippen LogP contribution in [0.5, 0.6) is 0 Å². The molecule has 0 saturated carbocycles. The van der Waals surface area contributed by atoms with Gasteiger partial charge < -0.3 is 10.6 Å². The van der Waals surface area contributed by atoms with Crippen LogP contribution in [0.25, 0.3) is 0 Å². The van der Waals surface area contributed by atoms with E-state index in [9.17, 15) is 4.79 Å². The zero-order valence-electron chi connectivity index (χ0n) is 5.42. The van der Waals surface area contributed by atoms with Crippen molar-refractivity contribution in [2.24, 2.45) is 5.73 Å². The summed E-state index contributed by atoms with van der Waals surface area (Å²) in [6.07, 6.45) is 2.52. The lowest BCUT2D eigenvalue weighted by atomic mass is 10.4. The third-order valence-electron chi connectivity index (χ3n) is 1.37. The van der Waals surface area contributed by atoms with Gasteiger partial charge in [-0.05, 0) is 0 Å². The molecule has 50 valence electrons. The summed E-state index contributed by atoms with van der Waals surface area (Å²) < 4.78 is 0. The molecule has 3 nitrogen and oxygen atoms in total. The van der Waals surface area contributed by atoms with Gasteiger partial charge in [0.05, 0.1) is 0 Å². The predicted octanol–water partition coefficient (Wildman–Crippen LogP) is 0.0387. The third kappa shape index (κ3) is 1.22. The molecule has 9 heavy (non-hydrogen) atoms. The highest BCUT2D eigenvalue weighted by Gasteiger charge is 2.11. The normalized spacial score (nSPS) is 17.9. The summed E-state index contributed by atoms with van der Waals surface area (Å²) in [5.74, 6) is 0.0652. The molecule has 0 aromatic heterocycles. The minimum Gasteiger partial charge on any atom is -0.401 e. The zero-order valence-corrected chi connectivity index (χ0v) is 5.42. The van der Waals surface area contributed by atoms with Crippen molar-refractivity contribution in [3.05, 3.63) is 11.9 Å². The van der Waals surface area contributed by atoms with Crippen molar-refractivity contribution >= 4 is 5.91 Å². The van der Waals surface area contributed by atoms with Crippen LogP contribution >= 0.6 is 0 Å². The van der Waals surface area contributed by atoms with Crippen molar-refractivity contribution in [2.45, 2.75) is 13.3 Å². The first-order chi connectivity index (χ1) is 4.20. The highest BCUT2D eigenvalue weighted by molar-refractivity contribution is 5.74. The molecule has 0 spiro atoms. The van der Waals surface area contributed by atoms with Gasteiger partial charge in [-0.1, -0.05) is 0 Å². The molecular weight excluding hydrogens is 116 g/mol. The number of carbonyl (C=O) groups is 1. The van der Waals surface area contributed by atoms with E-state index in [1.165, 1.54) is 6.92 Å². The Morgan fingerprint density at radius 2 is 2.56 bits per heavy atom. The predicted molar refractivity (Wildman–Crippen MR) is 34.3 cm³/mol. The van der Waals surface area contributed by atoms with Gasteiger partial charge in [-0.15, -0.1) is 0 Å². The van der Waals surface area contributed by atoms with Gasteiger partial charge in [-0.25, -0.2) is 0 Å².